The minimum Gasteiger partial charge on any atom is -0.492 e. The third kappa shape index (κ3) is 4.64. The largest absolute Gasteiger partial charge is 0.492 e. The van der Waals surface area contributed by atoms with Gasteiger partial charge in [-0.25, -0.2) is 0 Å². The molecule has 1 unspecified atom stereocenters. The predicted octanol–water partition coefficient (Wildman–Crippen LogP) is 3.44. The van der Waals surface area contributed by atoms with Crippen LogP contribution in [-0.2, 0) is 6.42 Å². The molecule has 6 heteroatoms. The average Bonchev–Trinajstić information content (AvgIpc) is 3.08. The highest BCUT2D eigenvalue weighted by Gasteiger charge is 2.25. The number of hydrogen-bond acceptors (Lipinski definition) is 4. The van der Waals surface area contributed by atoms with Gasteiger partial charge in [-0.1, -0.05) is 37.0 Å². The molecule has 2 heterocycles. The van der Waals surface area contributed by atoms with Crippen LogP contribution in [0.25, 0.3) is 10.9 Å². The van der Waals surface area contributed by atoms with Crippen molar-refractivity contribution in [3.8, 4) is 17.6 Å². The van der Waals surface area contributed by atoms with E-state index in [-0.39, 0.29) is 11.8 Å². The SMILES string of the molecule is CC(c1c[nH]c2ccccc12)[C@@H](O)NC(=O)c1cc(C#CCCN)cc2c1OCCCC2. The first kappa shape index (κ1) is 21.9. The summed E-state index contributed by atoms with van der Waals surface area (Å²) in [5, 5.41) is 14.7. The van der Waals surface area contributed by atoms with Crippen molar-refractivity contribution < 1.29 is 14.6 Å². The number of H-pyrrole nitrogens is 1. The normalized spacial score (nSPS) is 15.0. The second-order valence-electron chi connectivity index (χ2n) is 8.15. The fourth-order valence-electron chi connectivity index (χ4n) is 4.09. The number of hydrogen-bond donors (Lipinski definition) is 4. The maximum absolute atomic E-state index is 13.2. The molecule has 3 aromatic rings. The number of aliphatic hydroxyl groups is 1. The number of rotatable bonds is 5. The maximum atomic E-state index is 13.2. The van der Waals surface area contributed by atoms with Crippen molar-refractivity contribution >= 4 is 16.8 Å². The smallest absolute Gasteiger partial charge is 0.257 e. The van der Waals surface area contributed by atoms with E-state index in [9.17, 15) is 9.90 Å². The number of benzene rings is 2. The summed E-state index contributed by atoms with van der Waals surface area (Å²) in [5.74, 6) is 6.05. The quantitative estimate of drug-likeness (QED) is 0.367. The van der Waals surface area contributed by atoms with Crippen molar-refractivity contribution in [2.45, 2.75) is 44.8 Å². The molecule has 0 spiro atoms. The molecule has 0 aliphatic carbocycles. The van der Waals surface area contributed by atoms with Crippen molar-refractivity contribution in [1.82, 2.24) is 10.3 Å². The predicted molar refractivity (Wildman–Crippen MR) is 126 cm³/mol. The number of aromatic amines is 1. The van der Waals surface area contributed by atoms with Gasteiger partial charge in [0, 0.05) is 41.5 Å². The molecule has 166 valence electrons. The number of fused-ring (bicyclic) bond motifs is 2. The number of amides is 1. The van der Waals surface area contributed by atoms with Gasteiger partial charge in [0.25, 0.3) is 5.91 Å². The average molecular weight is 432 g/mol. The Morgan fingerprint density at radius 2 is 2.16 bits per heavy atom. The fraction of sp³-hybridized carbons (Fsp3) is 0.346. The Morgan fingerprint density at radius 1 is 1.31 bits per heavy atom. The molecular formula is C26H29N3O3. The van der Waals surface area contributed by atoms with Gasteiger partial charge in [0.2, 0.25) is 0 Å². The highest BCUT2D eigenvalue weighted by atomic mass is 16.5. The molecule has 0 fully saturated rings. The van der Waals surface area contributed by atoms with Gasteiger partial charge in [-0.05, 0) is 48.6 Å². The summed E-state index contributed by atoms with van der Waals surface area (Å²) >= 11 is 0. The van der Waals surface area contributed by atoms with E-state index in [0.29, 0.717) is 30.9 Å². The molecule has 4 rings (SSSR count). The second kappa shape index (κ2) is 9.90. The van der Waals surface area contributed by atoms with Crippen molar-refractivity contribution in [1.29, 1.82) is 0 Å². The molecule has 0 saturated heterocycles. The van der Waals surface area contributed by atoms with Crippen LogP contribution in [0.1, 0.15) is 59.2 Å². The second-order valence-corrected chi connectivity index (χ2v) is 8.15. The Morgan fingerprint density at radius 3 is 3.00 bits per heavy atom. The highest BCUT2D eigenvalue weighted by Crippen LogP contribution is 2.31. The monoisotopic (exact) mass is 431 g/mol. The van der Waals surface area contributed by atoms with Crippen LogP contribution in [0.5, 0.6) is 5.75 Å². The van der Waals surface area contributed by atoms with E-state index >= 15 is 0 Å². The molecule has 1 aliphatic rings. The Bertz CT molecular complexity index is 1170. The van der Waals surface area contributed by atoms with Crippen molar-refractivity contribution in [2.24, 2.45) is 5.73 Å². The van der Waals surface area contributed by atoms with E-state index < -0.39 is 6.23 Å². The van der Waals surface area contributed by atoms with E-state index in [1.165, 1.54) is 0 Å². The van der Waals surface area contributed by atoms with E-state index in [1.807, 2.05) is 43.5 Å². The number of ether oxygens (including phenoxy) is 1. The number of para-hydroxylation sites is 1. The van der Waals surface area contributed by atoms with Gasteiger partial charge in [0.1, 0.15) is 12.0 Å². The number of aliphatic hydroxyl groups excluding tert-OH is 1. The van der Waals surface area contributed by atoms with Crippen LogP contribution in [0.4, 0.5) is 0 Å². The first-order valence-electron chi connectivity index (χ1n) is 11.1. The zero-order valence-electron chi connectivity index (χ0n) is 18.3. The van der Waals surface area contributed by atoms with Gasteiger partial charge >= 0.3 is 0 Å². The fourth-order valence-corrected chi connectivity index (χ4v) is 4.09. The molecule has 5 N–H and O–H groups in total. The molecular weight excluding hydrogens is 402 g/mol. The molecule has 2 aromatic carbocycles. The van der Waals surface area contributed by atoms with Gasteiger partial charge in [-0.2, -0.15) is 0 Å². The summed E-state index contributed by atoms with van der Waals surface area (Å²) in [7, 11) is 0. The van der Waals surface area contributed by atoms with Gasteiger partial charge in [0.05, 0.1) is 12.2 Å². The Labute approximate surface area is 188 Å². The summed E-state index contributed by atoms with van der Waals surface area (Å²) in [4.78, 5) is 16.5. The van der Waals surface area contributed by atoms with Crippen LogP contribution >= 0.6 is 0 Å². The number of carbonyl (C=O) groups excluding carboxylic acids is 1. The molecule has 0 saturated carbocycles. The number of aromatic nitrogens is 1. The molecule has 0 bridgehead atoms. The van der Waals surface area contributed by atoms with Crippen LogP contribution in [0.2, 0.25) is 0 Å². The van der Waals surface area contributed by atoms with Crippen LogP contribution in [-0.4, -0.2) is 35.4 Å². The summed E-state index contributed by atoms with van der Waals surface area (Å²) in [6.45, 7) is 2.96. The van der Waals surface area contributed by atoms with E-state index in [0.717, 1.165) is 46.9 Å². The lowest BCUT2D eigenvalue weighted by molar-refractivity contribution is 0.0724. The number of aryl methyl sites for hydroxylation is 1. The molecule has 1 aromatic heterocycles. The summed E-state index contributed by atoms with van der Waals surface area (Å²) in [6.07, 6.45) is 4.17. The number of nitrogens with two attached hydrogens (primary N) is 1. The first-order chi connectivity index (χ1) is 15.6. The molecule has 6 nitrogen and oxygen atoms in total. The number of carbonyl (C=O) groups is 1. The maximum Gasteiger partial charge on any atom is 0.257 e. The molecule has 1 aliphatic heterocycles. The lowest BCUT2D eigenvalue weighted by Crippen LogP contribution is -2.38. The lowest BCUT2D eigenvalue weighted by Gasteiger charge is -2.21. The van der Waals surface area contributed by atoms with E-state index in [2.05, 4.69) is 22.1 Å². The van der Waals surface area contributed by atoms with Gasteiger partial charge in [0.15, 0.2) is 0 Å². The van der Waals surface area contributed by atoms with E-state index in [1.54, 1.807) is 6.07 Å². The van der Waals surface area contributed by atoms with Crippen molar-refractivity contribution in [3.63, 3.8) is 0 Å². The van der Waals surface area contributed by atoms with Crippen molar-refractivity contribution in [2.75, 3.05) is 13.2 Å². The third-order valence-electron chi connectivity index (χ3n) is 5.86. The van der Waals surface area contributed by atoms with Gasteiger partial charge in [-0.3, -0.25) is 4.79 Å². The standard InChI is InChI=1S/C26H29N3O3/c1-17(22-16-28-23-11-3-2-10-20(22)23)25(30)29-26(31)21-15-18(8-4-6-12-27)14-19-9-5-7-13-32-24(19)21/h2-3,10-11,14-17,25,28,30H,5-7,9,12-13,27H2,1H3,(H,29,31)/t17?,25-/m1/s1. The zero-order chi connectivity index (χ0) is 22.5. The summed E-state index contributed by atoms with van der Waals surface area (Å²) < 4.78 is 5.94. The van der Waals surface area contributed by atoms with Crippen LogP contribution in [0.3, 0.4) is 0 Å². The van der Waals surface area contributed by atoms with Gasteiger partial charge in [-0.15, -0.1) is 0 Å². The highest BCUT2D eigenvalue weighted by molar-refractivity contribution is 5.98. The van der Waals surface area contributed by atoms with Crippen LogP contribution in [0.15, 0.2) is 42.6 Å². The summed E-state index contributed by atoms with van der Waals surface area (Å²) in [5.41, 5.74) is 9.63. The van der Waals surface area contributed by atoms with Gasteiger partial charge < -0.3 is 25.9 Å². The first-order valence-corrected chi connectivity index (χ1v) is 11.1. The summed E-state index contributed by atoms with van der Waals surface area (Å²) in [6, 6.07) is 11.6. The number of nitrogens with one attached hydrogen (secondary N) is 2. The molecule has 2 atom stereocenters. The third-order valence-corrected chi connectivity index (χ3v) is 5.86. The Hall–Kier alpha value is -3.27. The van der Waals surface area contributed by atoms with Crippen LogP contribution < -0.4 is 15.8 Å². The topological polar surface area (TPSA) is 100 Å². The van der Waals surface area contributed by atoms with Crippen molar-refractivity contribution in [3.05, 3.63) is 64.8 Å². The molecule has 32 heavy (non-hydrogen) atoms. The van der Waals surface area contributed by atoms with E-state index in [4.69, 9.17) is 10.5 Å². The Balaban J connectivity index is 1.60. The molecule has 0 radical (unpaired) electrons. The van der Waals surface area contributed by atoms with Crippen LogP contribution in [0, 0.1) is 11.8 Å². The zero-order valence-corrected chi connectivity index (χ0v) is 18.3. The minimum atomic E-state index is -1.06. The Kier molecular flexibility index (Phi) is 6.79. The minimum absolute atomic E-state index is 0.304. The molecule has 1 amide bonds. The lowest BCUT2D eigenvalue weighted by atomic mass is 9.97.